The smallest absolute Gasteiger partial charge is 0.406 e. The van der Waals surface area contributed by atoms with E-state index in [0.29, 0.717) is 12.8 Å². The summed E-state index contributed by atoms with van der Waals surface area (Å²) in [5.74, 6) is -0.470. The van der Waals surface area contributed by atoms with E-state index in [1.165, 1.54) is 0 Å². The van der Waals surface area contributed by atoms with Gasteiger partial charge in [0, 0.05) is 12.1 Å². The fourth-order valence-corrected chi connectivity index (χ4v) is 3.13. The standard InChI is InChI=1S/C11H13F3N2O3S/c12-11(13,14)19-9-1-3-10(4-2-9)20(17,18)16-8-5-7(15)6-8/h1-4,7-8,16H,5-6,15H2. The maximum Gasteiger partial charge on any atom is 0.573 e. The maximum atomic E-state index is 12.0. The Morgan fingerprint density at radius 2 is 1.75 bits per heavy atom. The van der Waals surface area contributed by atoms with E-state index in [1.807, 2.05) is 0 Å². The molecule has 1 fully saturated rings. The number of nitrogens with two attached hydrogens (primary N) is 1. The number of hydrogen-bond acceptors (Lipinski definition) is 4. The number of hydrogen-bond donors (Lipinski definition) is 2. The topological polar surface area (TPSA) is 81.4 Å². The van der Waals surface area contributed by atoms with Crippen LogP contribution in [0.15, 0.2) is 29.2 Å². The highest BCUT2D eigenvalue weighted by Gasteiger charge is 2.32. The molecule has 0 atom stereocenters. The summed E-state index contributed by atoms with van der Waals surface area (Å²) in [5.41, 5.74) is 5.55. The van der Waals surface area contributed by atoms with Crippen LogP contribution in [0.5, 0.6) is 5.75 Å². The van der Waals surface area contributed by atoms with E-state index >= 15 is 0 Å². The van der Waals surface area contributed by atoms with Gasteiger partial charge in [0.05, 0.1) is 4.90 Å². The second kappa shape index (κ2) is 5.23. The first kappa shape index (κ1) is 15.1. The van der Waals surface area contributed by atoms with Crippen LogP contribution in [0.1, 0.15) is 12.8 Å². The molecule has 0 aromatic heterocycles. The van der Waals surface area contributed by atoms with Crippen LogP contribution in [0.3, 0.4) is 0 Å². The van der Waals surface area contributed by atoms with Crippen molar-refractivity contribution in [3.63, 3.8) is 0 Å². The van der Waals surface area contributed by atoms with Gasteiger partial charge in [-0.25, -0.2) is 13.1 Å². The quantitative estimate of drug-likeness (QED) is 0.879. The van der Waals surface area contributed by atoms with E-state index in [0.717, 1.165) is 24.3 Å². The monoisotopic (exact) mass is 310 g/mol. The Bertz CT molecular complexity index is 566. The number of sulfonamides is 1. The second-order valence-corrected chi connectivity index (χ2v) is 6.28. The van der Waals surface area contributed by atoms with Crippen molar-refractivity contribution < 1.29 is 26.3 Å². The molecule has 1 aliphatic carbocycles. The fraction of sp³-hybridized carbons (Fsp3) is 0.455. The van der Waals surface area contributed by atoms with Gasteiger partial charge < -0.3 is 10.5 Å². The van der Waals surface area contributed by atoms with Crippen molar-refractivity contribution in [2.45, 2.75) is 36.2 Å². The molecule has 3 N–H and O–H groups in total. The van der Waals surface area contributed by atoms with E-state index in [9.17, 15) is 21.6 Å². The lowest BCUT2D eigenvalue weighted by Gasteiger charge is -2.32. The van der Waals surface area contributed by atoms with Crippen molar-refractivity contribution in [3.8, 4) is 5.75 Å². The molecule has 0 radical (unpaired) electrons. The fourth-order valence-electron chi connectivity index (χ4n) is 1.87. The number of rotatable bonds is 4. The molecular formula is C11H13F3N2O3S. The van der Waals surface area contributed by atoms with Crippen molar-refractivity contribution in [1.82, 2.24) is 4.72 Å². The van der Waals surface area contributed by atoms with E-state index in [1.54, 1.807) is 0 Å². The van der Waals surface area contributed by atoms with Crippen molar-refractivity contribution in [2.75, 3.05) is 0 Å². The summed E-state index contributed by atoms with van der Waals surface area (Å²) in [7, 11) is -3.75. The molecule has 1 aliphatic rings. The molecule has 0 unspecified atom stereocenters. The van der Waals surface area contributed by atoms with Gasteiger partial charge in [0.2, 0.25) is 10.0 Å². The first-order valence-corrected chi connectivity index (χ1v) is 7.28. The predicted molar refractivity (Wildman–Crippen MR) is 64.4 cm³/mol. The molecule has 1 saturated carbocycles. The normalized spacial score (nSPS) is 23.2. The molecule has 112 valence electrons. The minimum absolute atomic E-state index is 0.00902. The lowest BCUT2D eigenvalue weighted by atomic mass is 9.89. The van der Waals surface area contributed by atoms with Crippen molar-refractivity contribution in [1.29, 1.82) is 0 Å². The van der Waals surface area contributed by atoms with Gasteiger partial charge in [0.25, 0.3) is 0 Å². The number of ether oxygens (including phenoxy) is 1. The molecule has 20 heavy (non-hydrogen) atoms. The van der Waals surface area contributed by atoms with Crippen LogP contribution in [-0.2, 0) is 10.0 Å². The van der Waals surface area contributed by atoms with E-state index in [-0.39, 0.29) is 17.0 Å². The van der Waals surface area contributed by atoms with Gasteiger partial charge in [-0.1, -0.05) is 0 Å². The summed E-state index contributed by atoms with van der Waals surface area (Å²) in [6.07, 6.45) is -3.70. The van der Waals surface area contributed by atoms with Gasteiger partial charge in [0.15, 0.2) is 0 Å². The molecule has 0 heterocycles. The Hall–Kier alpha value is -1.32. The second-order valence-electron chi connectivity index (χ2n) is 4.57. The summed E-state index contributed by atoms with van der Waals surface area (Å²) in [6.45, 7) is 0. The van der Waals surface area contributed by atoms with Gasteiger partial charge in [-0.2, -0.15) is 0 Å². The molecule has 9 heteroatoms. The first-order valence-electron chi connectivity index (χ1n) is 5.79. The average molecular weight is 310 g/mol. The van der Waals surface area contributed by atoms with Crippen LogP contribution >= 0.6 is 0 Å². The van der Waals surface area contributed by atoms with Crippen LogP contribution < -0.4 is 15.2 Å². The van der Waals surface area contributed by atoms with E-state index in [4.69, 9.17) is 5.73 Å². The van der Waals surface area contributed by atoms with Crippen molar-refractivity contribution in [2.24, 2.45) is 5.73 Å². The zero-order chi connectivity index (χ0) is 15.0. The summed E-state index contributed by atoms with van der Waals surface area (Å²) >= 11 is 0. The van der Waals surface area contributed by atoms with Crippen LogP contribution in [0.4, 0.5) is 13.2 Å². The molecule has 0 spiro atoms. The van der Waals surface area contributed by atoms with Gasteiger partial charge in [-0.15, -0.1) is 13.2 Å². The lowest BCUT2D eigenvalue weighted by Crippen LogP contribution is -2.50. The van der Waals surface area contributed by atoms with Crippen LogP contribution in [0, 0.1) is 0 Å². The van der Waals surface area contributed by atoms with Gasteiger partial charge in [0.1, 0.15) is 5.75 Å². The van der Waals surface area contributed by atoms with Gasteiger partial charge in [-0.3, -0.25) is 0 Å². The third-order valence-electron chi connectivity index (χ3n) is 2.86. The van der Waals surface area contributed by atoms with Crippen LogP contribution in [-0.4, -0.2) is 26.9 Å². The Morgan fingerprint density at radius 1 is 1.20 bits per heavy atom. The summed E-state index contributed by atoms with van der Waals surface area (Å²) < 4.78 is 65.9. The minimum Gasteiger partial charge on any atom is -0.406 e. The Morgan fingerprint density at radius 3 is 2.20 bits per heavy atom. The van der Waals surface area contributed by atoms with Gasteiger partial charge >= 0.3 is 6.36 Å². The highest BCUT2D eigenvalue weighted by molar-refractivity contribution is 7.89. The maximum absolute atomic E-state index is 12.0. The molecule has 2 rings (SSSR count). The molecule has 0 bridgehead atoms. The van der Waals surface area contributed by atoms with Crippen LogP contribution in [0.2, 0.25) is 0 Å². The van der Waals surface area contributed by atoms with Crippen molar-refractivity contribution >= 4 is 10.0 Å². The Balaban J connectivity index is 2.05. The molecule has 0 saturated heterocycles. The Labute approximate surface area is 114 Å². The molecule has 5 nitrogen and oxygen atoms in total. The lowest BCUT2D eigenvalue weighted by molar-refractivity contribution is -0.274. The summed E-state index contributed by atoms with van der Waals surface area (Å²) in [4.78, 5) is -0.118. The number of nitrogens with one attached hydrogen (secondary N) is 1. The van der Waals surface area contributed by atoms with Crippen LogP contribution in [0.25, 0.3) is 0 Å². The van der Waals surface area contributed by atoms with E-state index in [2.05, 4.69) is 9.46 Å². The third-order valence-corrected chi connectivity index (χ3v) is 4.40. The minimum atomic E-state index is -4.80. The van der Waals surface area contributed by atoms with Gasteiger partial charge in [-0.05, 0) is 37.1 Å². The van der Waals surface area contributed by atoms with E-state index < -0.39 is 22.1 Å². The average Bonchev–Trinajstić information content (AvgIpc) is 2.25. The predicted octanol–water partition coefficient (Wildman–Crippen LogP) is 1.35. The summed E-state index contributed by atoms with van der Waals surface area (Å²) in [5, 5.41) is 0. The molecule has 0 amide bonds. The highest BCUT2D eigenvalue weighted by atomic mass is 32.2. The number of halogens is 3. The molecule has 1 aromatic rings. The third kappa shape index (κ3) is 3.84. The first-order chi connectivity index (χ1) is 9.16. The van der Waals surface area contributed by atoms with Crippen molar-refractivity contribution in [3.05, 3.63) is 24.3 Å². The summed E-state index contributed by atoms with van der Waals surface area (Å²) in [6, 6.07) is 3.79. The zero-order valence-corrected chi connectivity index (χ0v) is 11.0. The molecule has 1 aromatic carbocycles. The number of alkyl halides is 3. The SMILES string of the molecule is NC1CC(NS(=O)(=O)c2ccc(OC(F)(F)F)cc2)C1. The zero-order valence-electron chi connectivity index (χ0n) is 10.2. The highest BCUT2D eigenvalue weighted by Crippen LogP contribution is 2.25. The number of benzene rings is 1. The largest absolute Gasteiger partial charge is 0.573 e. The molecule has 0 aliphatic heterocycles. The Kier molecular flexibility index (Phi) is 3.94. The molecular weight excluding hydrogens is 297 g/mol.